The van der Waals surface area contributed by atoms with Crippen molar-refractivity contribution in [2.45, 2.75) is 26.2 Å². The van der Waals surface area contributed by atoms with E-state index in [0.29, 0.717) is 15.7 Å². The summed E-state index contributed by atoms with van der Waals surface area (Å²) < 4.78 is 2.75. The van der Waals surface area contributed by atoms with Gasteiger partial charge < -0.3 is 5.32 Å². The Kier molecular flexibility index (Phi) is 4.73. The summed E-state index contributed by atoms with van der Waals surface area (Å²) in [5.74, 6) is 0.387. The van der Waals surface area contributed by atoms with E-state index in [-0.39, 0.29) is 11.3 Å². The first-order valence-electron chi connectivity index (χ1n) is 8.99. The minimum absolute atomic E-state index is 0.144. The van der Waals surface area contributed by atoms with E-state index in [1.807, 2.05) is 60.7 Å². The zero-order valence-corrected chi connectivity index (χ0v) is 17.4. The molecule has 0 fully saturated rings. The lowest BCUT2D eigenvalue weighted by atomic mass is 9.92. The highest BCUT2D eigenvalue weighted by atomic mass is 35.5. The van der Waals surface area contributed by atoms with Gasteiger partial charge in [-0.25, -0.2) is 4.68 Å². The van der Waals surface area contributed by atoms with Crippen molar-refractivity contribution in [2.24, 2.45) is 0 Å². The Morgan fingerprint density at radius 2 is 1.75 bits per heavy atom. The standard InChI is InChI=1S/C22H20ClN3OS/c1-22(2,3)17-13-18(26(25-17)14-9-5-4-6-10-14)24-21(27)20-19(23)15-11-7-8-12-16(15)28-20/h4-13H,1-3H3,(H,24,27). The quantitative estimate of drug-likeness (QED) is 0.432. The molecule has 4 rings (SSSR count). The number of carbonyl (C=O) groups is 1. The molecule has 6 heteroatoms. The number of carbonyl (C=O) groups excluding carboxylic acids is 1. The molecule has 0 saturated heterocycles. The molecule has 142 valence electrons. The Labute approximate surface area is 172 Å². The molecule has 0 unspecified atom stereocenters. The number of hydrogen-bond acceptors (Lipinski definition) is 3. The van der Waals surface area contributed by atoms with Gasteiger partial charge in [-0.3, -0.25) is 4.79 Å². The number of aromatic nitrogens is 2. The van der Waals surface area contributed by atoms with Crippen LogP contribution in [0.2, 0.25) is 5.02 Å². The lowest BCUT2D eigenvalue weighted by Crippen LogP contribution is -2.14. The van der Waals surface area contributed by atoms with Gasteiger partial charge in [-0.1, -0.05) is 68.8 Å². The Morgan fingerprint density at radius 1 is 1.07 bits per heavy atom. The first-order valence-corrected chi connectivity index (χ1v) is 10.2. The molecule has 0 atom stereocenters. The van der Waals surface area contributed by atoms with Gasteiger partial charge in [-0.05, 0) is 18.2 Å². The van der Waals surface area contributed by atoms with E-state index >= 15 is 0 Å². The van der Waals surface area contributed by atoms with Crippen molar-refractivity contribution >= 4 is 44.7 Å². The number of para-hydroxylation sites is 1. The molecule has 2 heterocycles. The molecule has 0 aliphatic heterocycles. The Bertz CT molecular complexity index is 1160. The predicted octanol–water partition coefficient (Wildman–Crippen LogP) is 6.29. The minimum atomic E-state index is -0.233. The van der Waals surface area contributed by atoms with Crippen LogP contribution in [0.25, 0.3) is 15.8 Å². The van der Waals surface area contributed by atoms with Crippen molar-refractivity contribution in [1.82, 2.24) is 9.78 Å². The molecule has 0 aliphatic carbocycles. The highest BCUT2D eigenvalue weighted by Crippen LogP contribution is 2.36. The number of rotatable bonds is 3. The second-order valence-electron chi connectivity index (χ2n) is 7.61. The van der Waals surface area contributed by atoms with Gasteiger partial charge in [0.15, 0.2) is 0 Å². The largest absolute Gasteiger partial charge is 0.306 e. The molecule has 4 aromatic rings. The van der Waals surface area contributed by atoms with Crippen LogP contribution in [0.5, 0.6) is 0 Å². The number of fused-ring (bicyclic) bond motifs is 1. The third-order valence-electron chi connectivity index (χ3n) is 4.46. The zero-order valence-electron chi connectivity index (χ0n) is 15.9. The van der Waals surface area contributed by atoms with E-state index in [2.05, 4.69) is 26.1 Å². The van der Waals surface area contributed by atoms with E-state index < -0.39 is 0 Å². The monoisotopic (exact) mass is 409 g/mol. The summed E-state index contributed by atoms with van der Waals surface area (Å²) in [5, 5.41) is 9.12. The molecular weight excluding hydrogens is 390 g/mol. The number of halogens is 1. The second-order valence-corrected chi connectivity index (χ2v) is 9.04. The minimum Gasteiger partial charge on any atom is -0.306 e. The first-order chi connectivity index (χ1) is 13.3. The van der Waals surface area contributed by atoms with Crippen LogP contribution in [0.15, 0.2) is 60.7 Å². The number of nitrogens with zero attached hydrogens (tertiary/aromatic N) is 2. The fourth-order valence-corrected chi connectivity index (χ4v) is 4.35. The topological polar surface area (TPSA) is 46.9 Å². The lowest BCUT2D eigenvalue weighted by Gasteiger charge is -2.14. The molecule has 2 aromatic carbocycles. The van der Waals surface area contributed by atoms with Crippen molar-refractivity contribution < 1.29 is 4.79 Å². The Hall–Kier alpha value is -2.63. The normalized spacial score (nSPS) is 11.7. The van der Waals surface area contributed by atoms with Gasteiger partial charge in [0.05, 0.1) is 16.4 Å². The molecule has 28 heavy (non-hydrogen) atoms. The molecule has 1 amide bonds. The summed E-state index contributed by atoms with van der Waals surface area (Å²) in [7, 11) is 0. The van der Waals surface area contributed by atoms with Gasteiger partial charge in [0.25, 0.3) is 5.91 Å². The number of amides is 1. The van der Waals surface area contributed by atoms with Crippen LogP contribution in [-0.4, -0.2) is 15.7 Å². The Morgan fingerprint density at radius 3 is 2.43 bits per heavy atom. The molecule has 0 saturated carbocycles. The fraction of sp³-hybridized carbons (Fsp3) is 0.182. The van der Waals surface area contributed by atoms with Gasteiger partial charge in [-0.2, -0.15) is 5.10 Å². The third-order valence-corrected chi connectivity index (χ3v) is 6.14. The van der Waals surface area contributed by atoms with E-state index in [0.717, 1.165) is 21.5 Å². The fourth-order valence-electron chi connectivity index (χ4n) is 2.94. The number of benzene rings is 2. The van der Waals surface area contributed by atoms with Crippen LogP contribution < -0.4 is 5.32 Å². The van der Waals surface area contributed by atoms with Crippen molar-refractivity contribution in [3.05, 3.63) is 76.3 Å². The summed E-state index contributed by atoms with van der Waals surface area (Å²) in [5.41, 5.74) is 1.64. The molecule has 0 aliphatic rings. The van der Waals surface area contributed by atoms with Crippen LogP contribution in [0.4, 0.5) is 5.82 Å². The maximum absolute atomic E-state index is 13.0. The predicted molar refractivity (Wildman–Crippen MR) is 117 cm³/mol. The van der Waals surface area contributed by atoms with Crippen LogP contribution >= 0.6 is 22.9 Å². The van der Waals surface area contributed by atoms with Crippen molar-refractivity contribution in [3.8, 4) is 5.69 Å². The number of hydrogen-bond donors (Lipinski definition) is 1. The average Bonchev–Trinajstić information content (AvgIpc) is 3.24. The molecule has 0 spiro atoms. The van der Waals surface area contributed by atoms with Gasteiger partial charge in [0.1, 0.15) is 10.7 Å². The lowest BCUT2D eigenvalue weighted by molar-refractivity contribution is 0.103. The van der Waals surface area contributed by atoms with E-state index in [1.165, 1.54) is 11.3 Å². The third kappa shape index (κ3) is 3.43. The first kappa shape index (κ1) is 18.7. The molecule has 2 aromatic heterocycles. The molecule has 0 bridgehead atoms. The summed E-state index contributed by atoms with van der Waals surface area (Å²) in [4.78, 5) is 13.5. The smallest absolute Gasteiger partial charge is 0.268 e. The zero-order chi connectivity index (χ0) is 19.9. The van der Waals surface area contributed by atoms with Crippen molar-refractivity contribution in [2.75, 3.05) is 5.32 Å². The number of anilines is 1. The molecule has 0 radical (unpaired) electrons. The van der Waals surface area contributed by atoms with Crippen LogP contribution in [-0.2, 0) is 5.41 Å². The molecular formula is C22H20ClN3OS. The van der Waals surface area contributed by atoms with E-state index in [1.54, 1.807) is 4.68 Å². The number of nitrogens with one attached hydrogen (secondary N) is 1. The van der Waals surface area contributed by atoms with Crippen molar-refractivity contribution in [1.29, 1.82) is 0 Å². The number of thiophene rings is 1. The maximum Gasteiger partial charge on any atom is 0.268 e. The summed E-state index contributed by atoms with van der Waals surface area (Å²) in [6.07, 6.45) is 0. The molecule has 1 N–H and O–H groups in total. The van der Waals surface area contributed by atoms with Crippen LogP contribution in [0, 0.1) is 0 Å². The van der Waals surface area contributed by atoms with Gasteiger partial charge in [-0.15, -0.1) is 11.3 Å². The van der Waals surface area contributed by atoms with E-state index in [4.69, 9.17) is 16.7 Å². The summed E-state index contributed by atoms with van der Waals surface area (Å²) in [6.45, 7) is 6.29. The van der Waals surface area contributed by atoms with Gasteiger partial charge in [0.2, 0.25) is 0 Å². The SMILES string of the molecule is CC(C)(C)c1cc(NC(=O)c2sc3ccccc3c2Cl)n(-c2ccccc2)n1. The van der Waals surface area contributed by atoms with Gasteiger partial charge >= 0.3 is 0 Å². The van der Waals surface area contributed by atoms with Gasteiger partial charge in [0, 0.05) is 21.6 Å². The van der Waals surface area contributed by atoms with E-state index in [9.17, 15) is 4.79 Å². The maximum atomic E-state index is 13.0. The average molecular weight is 410 g/mol. The molecule has 4 nitrogen and oxygen atoms in total. The second kappa shape index (κ2) is 7.08. The highest BCUT2D eigenvalue weighted by Gasteiger charge is 2.23. The van der Waals surface area contributed by atoms with Crippen LogP contribution in [0.3, 0.4) is 0 Å². The summed E-state index contributed by atoms with van der Waals surface area (Å²) >= 11 is 7.87. The Balaban J connectivity index is 1.75. The highest BCUT2D eigenvalue weighted by molar-refractivity contribution is 7.21. The van der Waals surface area contributed by atoms with Crippen LogP contribution in [0.1, 0.15) is 36.1 Å². The van der Waals surface area contributed by atoms with Crippen molar-refractivity contribution in [3.63, 3.8) is 0 Å². The summed E-state index contributed by atoms with van der Waals surface area (Å²) in [6, 6.07) is 19.4.